The fourth-order valence-electron chi connectivity index (χ4n) is 1.20. The molecule has 0 saturated carbocycles. The first-order valence-electron chi connectivity index (χ1n) is 5.14. The van der Waals surface area contributed by atoms with Crippen molar-refractivity contribution in [3.05, 3.63) is 41.3 Å². The van der Waals surface area contributed by atoms with Crippen molar-refractivity contribution in [1.29, 1.82) is 0 Å². The number of hydrogen-bond donors (Lipinski definition) is 2. The molecule has 1 amide bonds. The van der Waals surface area contributed by atoms with Gasteiger partial charge in [-0.3, -0.25) is 9.59 Å². The molecule has 0 radical (unpaired) electrons. The standard InChI is InChI=1S/C12H13N3O3/c1-7(16)11(8(2)17)15-14-10-5-3-9(4-6-10)12(13)18/h3-6,16H,1-2H3,(H2,13,18)/b11-7+,15-14?. The van der Waals surface area contributed by atoms with Crippen LogP contribution in [-0.4, -0.2) is 16.8 Å². The zero-order chi connectivity index (χ0) is 13.7. The number of aliphatic hydroxyl groups excluding tert-OH is 1. The summed E-state index contributed by atoms with van der Waals surface area (Å²) in [7, 11) is 0. The number of carbonyl (C=O) groups excluding carboxylic acids is 2. The second-order valence-electron chi connectivity index (χ2n) is 3.60. The molecule has 0 aliphatic heterocycles. The number of aliphatic hydroxyl groups is 1. The third-order valence-electron chi connectivity index (χ3n) is 2.09. The van der Waals surface area contributed by atoms with Gasteiger partial charge in [-0.2, -0.15) is 5.11 Å². The summed E-state index contributed by atoms with van der Waals surface area (Å²) in [6, 6.07) is 6.07. The minimum atomic E-state index is -0.533. The van der Waals surface area contributed by atoms with E-state index in [0.717, 1.165) is 0 Å². The highest BCUT2D eigenvalue weighted by atomic mass is 16.3. The van der Waals surface area contributed by atoms with Gasteiger partial charge >= 0.3 is 0 Å². The molecule has 6 heteroatoms. The number of Topliss-reactive ketones (excluding diaryl/α,β-unsaturated/α-hetero) is 1. The topological polar surface area (TPSA) is 105 Å². The second kappa shape index (κ2) is 5.72. The molecule has 6 nitrogen and oxygen atoms in total. The van der Waals surface area contributed by atoms with E-state index in [9.17, 15) is 14.7 Å². The molecule has 0 spiro atoms. The summed E-state index contributed by atoms with van der Waals surface area (Å²) in [5, 5.41) is 16.7. The van der Waals surface area contributed by atoms with Gasteiger partial charge in [0.05, 0.1) is 5.69 Å². The Bertz CT molecular complexity index is 526. The first kappa shape index (κ1) is 13.6. The minimum Gasteiger partial charge on any atom is -0.510 e. The Kier molecular flexibility index (Phi) is 4.31. The van der Waals surface area contributed by atoms with E-state index in [1.54, 1.807) is 0 Å². The van der Waals surface area contributed by atoms with Gasteiger partial charge in [-0.1, -0.05) is 0 Å². The van der Waals surface area contributed by atoms with Gasteiger partial charge in [0, 0.05) is 12.5 Å². The number of nitrogens with zero attached hydrogens (tertiary/aromatic N) is 2. The van der Waals surface area contributed by atoms with Gasteiger partial charge in [0.15, 0.2) is 11.5 Å². The molecule has 0 saturated heterocycles. The first-order valence-corrected chi connectivity index (χ1v) is 5.14. The highest BCUT2D eigenvalue weighted by Crippen LogP contribution is 2.16. The van der Waals surface area contributed by atoms with E-state index in [1.807, 2.05) is 0 Å². The zero-order valence-electron chi connectivity index (χ0n) is 10.0. The fraction of sp³-hybridized carbons (Fsp3) is 0.167. The Labute approximate surface area is 104 Å². The van der Waals surface area contributed by atoms with E-state index in [0.29, 0.717) is 11.3 Å². The van der Waals surface area contributed by atoms with E-state index in [1.165, 1.54) is 38.1 Å². The highest BCUT2D eigenvalue weighted by Gasteiger charge is 2.06. The average Bonchev–Trinajstić information content (AvgIpc) is 2.28. The lowest BCUT2D eigenvalue weighted by Crippen LogP contribution is -2.10. The van der Waals surface area contributed by atoms with Crippen LogP contribution in [0.4, 0.5) is 5.69 Å². The van der Waals surface area contributed by atoms with Gasteiger partial charge in [0.2, 0.25) is 5.91 Å². The van der Waals surface area contributed by atoms with E-state index < -0.39 is 5.91 Å². The summed E-state index contributed by atoms with van der Waals surface area (Å²) in [5.41, 5.74) is 5.79. The molecule has 0 unspecified atom stereocenters. The third-order valence-corrected chi connectivity index (χ3v) is 2.09. The van der Waals surface area contributed by atoms with E-state index in [2.05, 4.69) is 10.2 Å². The molecule has 0 aromatic heterocycles. The number of nitrogens with two attached hydrogens (primary N) is 1. The van der Waals surface area contributed by atoms with E-state index in [-0.39, 0.29) is 17.2 Å². The van der Waals surface area contributed by atoms with Gasteiger partial charge in [-0.05, 0) is 31.2 Å². The first-order chi connectivity index (χ1) is 8.41. The number of primary amides is 1. The number of hydrogen-bond acceptors (Lipinski definition) is 5. The Morgan fingerprint density at radius 2 is 1.72 bits per heavy atom. The van der Waals surface area contributed by atoms with Crippen LogP contribution in [-0.2, 0) is 4.79 Å². The van der Waals surface area contributed by atoms with Crippen LogP contribution in [0, 0.1) is 0 Å². The molecule has 0 heterocycles. The van der Waals surface area contributed by atoms with Gasteiger partial charge in [-0.15, -0.1) is 5.11 Å². The summed E-state index contributed by atoms with van der Waals surface area (Å²) >= 11 is 0. The van der Waals surface area contributed by atoms with Crippen molar-refractivity contribution in [2.24, 2.45) is 16.0 Å². The van der Waals surface area contributed by atoms with Crippen molar-refractivity contribution in [2.75, 3.05) is 0 Å². The Morgan fingerprint density at radius 3 is 2.11 bits per heavy atom. The molecule has 1 rings (SSSR count). The van der Waals surface area contributed by atoms with Crippen molar-refractivity contribution >= 4 is 17.4 Å². The van der Waals surface area contributed by atoms with Crippen LogP contribution in [0.5, 0.6) is 0 Å². The van der Waals surface area contributed by atoms with E-state index >= 15 is 0 Å². The lowest BCUT2D eigenvalue weighted by Gasteiger charge is -1.98. The van der Waals surface area contributed by atoms with Gasteiger partial charge in [0.1, 0.15) is 5.76 Å². The van der Waals surface area contributed by atoms with Crippen LogP contribution in [0.3, 0.4) is 0 Å². The molecule has 0 fully saturated rings. The second-order valence-corrected chi connectivity index (χ2v) is 3.60. The molecule has 1 aromatic carbocycles. The molecule has 3 N–H and O–H groups in total. The van der Waals surface area contributed by atoms with Gasteiger partial charge in [0.25, 0.3) is 0 Å². The quantitative estimate of drug-likeness (QED) is 0.484. The predicted molar refractivity (Wildman–Crippen MR) is 65.5 cm³/mol. The number of benzene rings is 1. The normalized spacial score (nSPS) is 12.3. The zero-order valence-corrected chi connectivity index (χ0v) is 10.0. The molecule has 18 heavy (non-hydrogen) atoms. The van der Waals surface area contributed by atoms with Crippen molar-refractivity contribution in [2.45, 2.75) is 13.8 Å². The fourth-order valence-corrected chi connectivity index (χ4v) is 1.20. The van der Waals surface area contributed by atoms with Crippen molar-refractivity contribution in [1.82, 2.24) is 0 Å². The summed E-state index contributed by atoms with van der Waals surface area (Å²) in [4.78, 5) is 22.0. The van der Waals surface area contributed by atoms with Gasteiger partial charge in [-0.25, -0.2) is 0 Å². The molecule has 0 aliphatic rings. The Hall–Kier alpha value is -2.50. The minimum absolute atomic E-state index is 0.103. The molecule has 0 bridgehead atoms. The molecule has 0 aliphatic carbocycles. The molecule has 94 valence electrons. The Morgan fingerprint density at radius 1 is 1.17 bits per heavy atom. The lowest BCUT2D eigenvalue weighted by molar-refractivity contribution is -0.113. The Balaban J connectivity index is 2.94. The van der Waals surface area contributed by atoms with E-state index in [4.69, 9.17) is 5.73 Å². The molecule has 0 atom stereocenters. The average molecular weight is 247 g/mol. The summed E-state index contributed by atoms with van der Waals surface area (Å²) < 4.78 is 0. The monoisotopic (exact) mass is 247 g/mol. The number of azo groups is 1. The number of allylic oxidation sites excluding steroid dienone is 2. The largest absolute Gasteiger partial charge is 0.510 e. The third kappa shape index (κ3) is 3.51. The predicted octanol–water partition coefficient (Wildman–Crippen LogP) is 2.25. The SMILES string of the molecule is CC(=O)/C(N=Nc1ccc(C(N)=O)cc1)=C(/C)O. The van der Waals surface area contributed by atoms with Crippen LogP contribution >= 0.6 is 0 Å². The maximum Gasteiger partial charge on any atom is 0.248 e. The van der Waals surface area contributed by atoms with Crippen molar-refractivity contribution in [3.8, 4) is 0 Å². The van der Waals surface area contributed by atoms with Gasteiger partial charge < -0.3 is 10.8 Å². The van der Waals surface area contributed by atoms with Crippen LogP contribution < -0.4 is 5.73 Å². The highest BCUT2D eigenvalue weighted by molar-refractivity contribution is 5.93. The van der Waals surface area contributed by atoms with Crippen LogP contribution in [0.1, 0.15) is 24.2 Å². The number of rotatable bonds is 4. The number of ketones is 1. The molecule has 1 aromatic rings. The maximum absolute atomic E-state index is 11.1. The maximum atomic E-state index is 11.1. The number of amides is 1. The summed E-state index contributed by atoms with van der Waals surface area (Å²) in [5.74, 6) is -1.11. The van der Waals surface area contributed by atoms with Crippen LogP contribution in [0.15, 0.2) is 46.0 Å². The van der Waals surface area contributed by atoms with Crippen molar-refractivity contribution < 1.29 is 14.7 Å². The summed E-state index contributed by atoms with van der Waals surface area (Å²) in [6.07, 6.45) is 0. The number of carbonyl (C=O) groups is 2. The molecular weight excluding hydrogens is 234 g/mol. The van der Waals surface area contributed by atoms with Crippen LogP contribution in [0.25, 0.3) is 0 Å². The summed E-state index contributed by atoms with van der Waals surface area (Å²) in [6.45, 7) is 2.64. The molecular formula is C12H13N3O3. The smallest absolute Gasteiger partial charge is 0.248 e. The van der Waals surface area contributed by atoms with Crippen molar-refractivity contribution in [3.63, 3.8) is 0 Å². The lowest BCUT2D eigenvalue weighted by atomic mass is 10.2. The van der Waals surface area contributed by atoms with Crippen LogP contribution in [0.2, 0.25) is 0 Å².